The summed E-state index contributed by atoms with van der Waals surface area (Å²) in [7, 11) is -3.12. The second-order valence-corrected chi connectivity index (χ2v) is 7.10. The van der Waals surface area contributed by atoms with Crippen LogP contribution >= 0.6 is 0 Å². The van der Waals surface area contributed by atoms with Gasteiger partial charge < -0.3 is 15.2 Å². The highest BCUT2D eigenvalue weighted by Crippen LogP contribution is 2.29. The van der Waals surface area contributed by atoms with E-state index in [4.69, 9.17) is 0 Å². The molecule has 2 aromatic rings. The first-order valence-corrected chi connectivity index (χ1v) is 8.25. The maximum absolute atomic E-state index is 12.0. The molecule has 1 aromatic carbocycles. The van der Waals surface area contributed by atoms with Crippen LogP contribution in [0, 0.1) is 0 Å². The highest BCUT2D eigenvalue weighted by atomic mass is 32.2. The monoisotopic (exact) mass is 279 g/mol. The van der Waals surface area contributed by atoms with E-state index in [0.29, 0.717) is 13.1 Å². The fraction of sp³-hybridized carbons (Fsp3) is 0.385. The first-order chi connectivity index (χ1) is 9.07. The van der Waals surface area contributed by atoms with Crippen molar-refractivity contribution >= 4 is 26.4 Å². The molecule has 0 aliphatic carbocycles. The topological polar surface area (TPSA) is 65.2 Å². The van der Waals surface area contributed by atoms with Crippen molar-refractivity contribution in [2.75, 3.05) is 30.8 Å². The summed E-state index contributed by atoms with van der Waals surface area (Å²) in [5.41, 5.74) is 2.01. The number of sulfone groups is 1. The van der Waals surface area contributed by atoms with Gasteiger partial charge in [-0.15, -0.1) is 0 Å². The Morgan fingerprint density at radius 1 is 1.32 bits per heavy atom. The van der Waals surface area contributed by atoms with Gasteiger partial charge in [-0.3, -0.25) is 0 Å². The van der Waals surface area contributed by atoms with Crippen molar-refractivity contribution in [2.24, 2.45) is 0 Å². The largest absolute Gasteiger partial charge is 0.361 e. The fourth-order valence-corrected chi connectivity index (χ4v) is 3.76. The lowest BCUT2D eigenvalue weighted by molar-refractivity contribution is 0.522. The third-order valence-electron chi connectivity index (χ3n) is 3.57. The standard InChI is InChI=1S/C13H17N3O2S/c1-19(17,18)13-9-14-7-8-16(13)12-4-2-3-11-10(12)5-6-15-11/h2-6,13-15H,7-9H2,1H3. The number of fused-ring (bicyclic) bond motifs is 1. The molecule has 1 saturated heterocycles. The van der Waals surface area contributed by atoms with Gasteiger partial charge in [-0.2, -0.15) is 0 Å². The van der Waals surface area contributed by atoms with Gasteiger partial charge >= 0.3 is 0 Å². The molecule has 0 saturated carbocycles. The molecule has 5 nitrogen and oxygen atoms in total. The van der Waals surface area contributed by atoms with E-state index in [1.54, 1.807) is 0 Å². The number of nitrogens with one attached hydrogen (secondary N) is 2. The second kappa shape index (κ2) is 4.54. The number of H-pyrrole nitrogens is 1. The molecule has 0 radical (unpaired) electrons. The van der Waals surface area contributed by atoms with Crippen LogP contribution in [0.3, 0.4) is 0 Å². The number of hydrogen-bond acceptors (Lipinski definition) is 4. The van der Waals surface area contributed by atoms with Crippen LogP contribution in [0.1, 0.15) is 0 Å². The van der Waals surface area contributed by atoms with Gasteiger partial charge in [0, 0.05) is 48.7 Å². The molecule has 1 aliphatic rings. The molecule has 1 unspecified atom stereocenters. The predicted molar refractivity (Wildman–Crippen MR) is 77.1 cm³/mol. The van der Waals surface area contributed by atoms with Crippen molar-refractivity contribution in [2.45, 2.75) is 5.37 Å². The number of rotatable bonds is 2. The zero-order chi connectivity index (χ0) is 13.5. The Kier molecular flexibility index (Phi) is 2.99. The summed E-state index contributed by atoms with van der Waals surface area (Å²) in [6.45, 7) is 1.97. The van der Waals surface area contributed by atoms with Gasteiger partial charge in [0.15, 0.2) is 9.84 Å². The van der Waals surface area contributed by atoms with Crippen molar-refractivity contribution in [3.63, 3.8) is 0 Å². The van der Waals surface area contributed by atoms with Crippen LogP contribution in [0.2, 0.25) is 0 Å². The Balaban J connectivity index is 2.10. The molecule has 1 aliphatic heterocycles. The lowest BCUT2D eigenvalue weighted by Crippen LogP contribution is -2.54. The number of nitrogens with zero attached hydrogens (tertiary/aromatic N) is 1. The van der Waals surface area contributed by atoms with E-state index in [0.717, 1.165) is 23.1 Å². The van der Waals surface area contributed by atoms with Crippen molar-refractivity contribution in [1.82, 2.24) is 10.3 Å². The molecular weight excluding hydrogens is 262 g/mol. The van der Waals surface area contributed by atoms with Crippen LogP contribution in [-0.4, -0.2) is 44.7 Å². The fourth-order valence-electron chi connectivity index (χ4n) is 2.66. The van der Waals surface area contributed by atoms with Crippen molar-refractivity contribution < 1.29 is 8.42 Å². The van der Waals surface area contributed by atoms with Crippen LogP contribution in [0.5, 0.6) is 0 Å². The zero-order valence-corrected chi connectivity index (χ0v) is 11.6. The van der Waals surface area contributed by atoms with Crippen LogP contribution in [-0.2, 0) is 9.84 Å². The van der Waals surface area contributed by atoms with Gasteiger partial charge in [-0.1, -0.05) is 6.07 Å². The minimum atomic E-state index is -3.12. The third kappa shape index (κ3) is 2.21. The summed E-state index contributed by atoms with van der Waals surface area (Å²) < 4.78 is 23.9. The minimum Gasteiger partial charge on any atom is -0.361 e. The molecule has 0 amide bonds. The predicted octanol–water partition coefficient (Wildman–Crippen LogP) is 0.948. The average Bonchev–Trinajstić information content (AvgIpc) is 2.85. The Bertz CT molecular complexity index is 693. The van der Waals surface area contributed by atoms with Crippen LogP contribution in [0.25, 0.3) is 10.9 Å². The van der Waals surface area contributed by atoms with Crippen molar-refractivity contribution in [3.8, 4) is 0 Å². The van der Waals surface area contributed by atoms with Gasteiger partial charge in [-0.25, -0.2) is 8.42 Å². The molecule has 1 atom stereocenters. The Morgan fingerprint density at radius 3 is 2.95 bits per heavy atom. The van der Waals surface area contributed by atoms with E-state index < -0.39 is 15.2 Å². The first-order valence-electron chi connectivity index (χ1n) is 6.30. The number of aromatic amines is 1. The van der Waals surface area contributed by atoms with Gasteiger partial charge in [0.25, 0.3) is 0 Å². The molecule has 3 rings (SSSR count). The van der Waals surface area contributed by atoms with Crippen molar-refractivity contribution in [1.29, 1.82) is 0 Å². The minimum absolute atomic E-state index is 0.472. The second-order valence-electron chi connectivity index (χ2n) is 4.90. The van der Waals surface area contributed by atoms with E-state index in [1.807, 2.05) is 35.4 Å². The maximum atomic E-state index is 12.0. The molecule has 2 heterocycles. The number of aromatic nitrogens is 1. The first kappa shape index (κ1) is 12.5. The molecule has 1 aromatic heterocycles. The van der Waals surface area contributed by atoms with E-state index in [9.17, 15) is 8.42 Å². The smallest absolute Gasteiger partial charge is 0.169 e. The molecule has 1 fully saturated rings. The van der Waals surface area contributed by atoms with Gasteiger partial charge in [0.2, 0.25) is 0 Å². The van der Waals surface area contributed by atoms with E-state index in [-0.39, 0.29) is 0 Å². The van der Waals surface area contributed by atoms with E-state index in [1.165, 1.54) is 6.26 Å². The summed E-state index contributed by atoms with van der Waals surface area (Å²) in [6, 6.07) is 7.93. The summed E-state index contributed by atoms with van der Waals surface area (Å²) >= 11 is 0. The molecule has 2 N–H and O–H groups in total. The molecule has 19 heavy (non-hydrogen) atoms. The van der Waals surface area contributed by atoms with Gasteiger partial charge in [0.05, 0.1) is 0 Å². The quantitative estimate of drug-likeness (QED) is 0.859. The number of benzene rings is 1. The number of anilines is 1. The molecule has 6 heteroatoms. The number of piperazine rings is 1. The highest BCUT2D eigenvalue weighted by molar-refractivity contribution is 7.91. The summed E-state index contributed by atoms with van der Waals surface area (Å²) in [4.78, 5) is 5.15. The molecule has 0 spiro atoms. The van der Waals surface area contributed by atoms with E-state index in [2.05, 4.69) is 10.3 Å². The molecule has 0 bridgehead atoms. The van der Waals surface area contributed by atoms with Crippen LogP contribution in [0.15, 0.2) is 30.5 Å². The Morgan fingerprint density at radius 2 is 2.16 bits per heavy atom. The van der Waals surface area contributed by atoms with Gasteiger partial charge in [-0.05, 0) is 18.2 Å². The molecule has 102 valence electrons. The zero-order valence-electron chi connectivity index (χ0n) is 10.8. The average molecular weight is 279 g/mol. The maximum Gasteiger partial charge on any atom is 0.169 e. The van der Waals surface area contributed by atoms with Crippen molar-refractivity contribution in [3.05, 3.63) is 30.5 Å². The van der Waals surface area contributed by atoms with Crippen LogP contribution < -0.4 is 10.2 Å². The Hall–Kier alpha value is -1.53. The van der Waals surface area contributed by atoms with E-state index >= 15 is 0 Å². The highest BCUT2D eigenvalue weighted by Gasteiger charge is 2.31. The van der Waals surface area contributed by atoms with Crippen LogP contribution in [0.4, 0.5) is 5.69 Å². The lowest BCUT2D eigenvalue weighted by Gasteiger charge is -2.37. The SMILES string of the molecule is CS(=O)(=O)C1CNCCN1c1cccc2[nH]ccc12. The number of hydrogen-bond donors (Lipinski definition) is 2. The summed E-state index contributed by atoms with van der Waals surface area (Å²) in [5, 5.41) is 3.72. The molecular formula is C13H17N3O2S. The lowest BCUT2D eigenvalue weighted by atomic mass is 10.2. The third-order valence-corrected chi connectivity index (χ3v) is 4.98. The summed E-state index contributed by atoms with van der Waals surface area (Å²) in [6.07, 6.45) is 3.18. The summed E-state index contributed by atoms with van der Waals surface area (Å²) in [5.74, 6) is 0. The van der Waals surface area contributed by atoms with Gasteiger partial charge in [0.1, 0.15) is 5.37 Å². The Labute approximate surface area is 112 Å². The normalized spacial score (nSPS) is 20.9.